The first-order chi connectivity index (χ1) is 10.3. The summed E-state index contributed by atoms with van der Waals surface area (Å²) < 4.78 is 0. The summed E-state index contributed by atoms with van der Waals surface area (Å²) in [6, 6.07) is 14.9. The maximum Gasteiger partial charge on any atom is 0.0643 e. The van der Waals surface area contributed by atoms with Crippen LogP contribution in [-0.2, 0) is 0 Å². The molecule has 1 unspecified atom stereocenters. The topological polar surface area (TPSA) is 28.2 Å². The standard InChI is InChI=1S/C16H17N3.C2H6/c1-12-15(13-8-10-17-11-9-13)16(19(2)18-12)14-6-4-3-5-7-14;1-2/h3-12,18H,1-2H3;1-2H3. The van der Waals surface area contributed by atoms with Gasteiger partial charge in [0.2, 0.25) is 0 Å². The smallest absolute Gasteiger partial charge is 0.0643 e. The van der Waals surface area contributed by atoms with E-state index in [0.29, 0.717) is 6.04 Å². The average Bonchev–Trinajstić information content (AvgIpc) is 2.85. The zero-order chi connectivity index (χ0) is 15.2. The minimum Gasteiger partial charge on any atom is -0.310 e. The van der Waals surface area contributed by atoms with E-state index in [2.05, 4.69) is 65.8 Å². The summed E-state index contributed by atoms with van der Waals surface area (Å²) >= 11 is 0. The van der Waals surface area contributed by atoms with E-state index in [4.69, 9.17) is 0 Å². The molecule has 3 heteroatoms. The molecule has 2 aromatic rings. The molecule has 1 aliphatic rings. The summed E-state index contributed by atoms with van der Waals surface area (Å²) in [6.45, 7) is 6.18. The molecule has 1 aromatic heterocycles. The SMILES string of the molecule is CC.CC1NN(C)C(c2ccccc2)=C1c1ccncc1. The third-order valence-corrected chi connectivity index (χ3v) is 3.45. The molecule has 0 amide bonds. The lowest BCUT2D eigenvalue weighted by molar-refractivity contribution is 0.355. The van der Waals surface area contributed by atoms with Crippen LogP contribution in [0.25, 0.3) is 11.3 Å². The molecule has 1 atom stereocenters. The molecule has 0 bridgehead atoms. The van der Waals surface area contributed by atoms with Gasteiger partial charge in [-0.2, -0.15) is 0 Å². The molecule has 3 nitrogen and oxygen atoms in total. The van der Waals surface area contributed by atoms with Gasteiger partial charge in [-0.05, 0) is 30.2 Å². The Morgan fingerprint density at radius 1 is 0.952 bits per heavy atom. The van der Waals surface area contributed by atoms with Gasteiger partial charge in [-0.3, -0.25) is 4.98 Å². The molecule has 0 fully saturated rings. The van der Waals surface area contributed by atoms with E-state index >= 15 is 0 Å². The van der Waals surface area contributed by atoms with Gasteiger partial charge in [-0.25, -0.2) is 5.43 Å². The molecule has 0 spiro atoms. The van der Waals surface area contributed by atoms with Crippen molar-refractivity contribution in [1.82, 2.24) is 15.4 Å². The van der Waals surface area contributed by atoms with Crippen LogP contribution >= 0.6 is 0 Å². The van der Waals surface area contributed by atoms with E-state index in [1.54, 1.807) is 0 Å². The van der Waals surface area contributed by atoms with E-state index < -0.39 is 0 Å². The largest absolute Gasteiger partial charge is 0.310 e. The van der Waals surface area contributed by atoms with Gasteiger partial charge in [0.25, 0.3) is 0 Å². The van der Waals surface area contributed by atoms with Gasteiger partial charge in [0.1, 0.15) is 0 Å². The van der Waals surface area contributed by atoms with Crippen molar-refractivity contribution in [1.29, 1.82) is 0 Å². The van der Waals surface area contributed by atoms with Crippen LogP contribution in [0, 0.1) is 0 Å². The predicted octanol–water partition coefficient (Wildman–Crippen LogP) is 3.81. The number of aromatic nitrogens is 1. The zero-order valence-corrected chi connectivity index (χ0v) is 13.2. The molecule has 110 valence electrons. The van der Waals surface area contributed by atoms with Crippen LogP contribution in [0.4, 0.5) is 0 Å². The van der Waals surface area contributed by atoms with E-state index in [1.165, 1.54) is 22.4 Å². The van der Waals surface area contributed by atoms with Crippen LogP contribution in [0.1, 0.15) is 31.9 Å². The van der Waals surface area contributed by atoms with E-state index in [9.17, 15) is 0 Å². The quantitative estimate of drug-likeness (QED) is 0.907. The lowest BCUT2D eigenvalue weighted by atomic mass is 9.97. The summed E-state index contributed by atoms with van der Waals surface area (Å²) in [5, 5.41) is 2.11. The Labute approximate surface area is 127 Å². The number of rotatable bonds is 2. The first-order valence-corrected chi connectivity index (χ1v) is 7.47. The normalized spacial score (nSPS) is 17.5. The van der Waals surface area contributed by atoms with Gasteiger partial charge in [0.05, 0.1) is 11.7 Å². The van der Waals surface area contributed by atoms with Crippen LogP contribution < -0.4 is 5.43 Å². The minimum absolute atomic E-state index is 0.294. The average molecular weight is 281 g/mol. The molecule has 3 rings (SSSR count). The predicted molar refractivity (Wildman–Crippen MR) is 89.2 cm³/mol. The highest BCUT2D eigenvalue weighted by Crippen LogP contribution is 2.34. The number of hydrogen-bond donors (Lipinski definition) is 1. The molecule has 2 heterocycles. The number of nitrogens with zero attached hydrogens (tertiary/aromatic N) is 2. The summed E-state index contributed by atoms with van der Waals surface area (Å²) in [7, 11) is 2.06. The monoisotopic (exact) mass is 281 g/mol. The van der Waals surface area contributed by atoms with Gasteiger partial charge >= 0.3 is 0 Å². The van der Waals surface area contributed by atoms with Crippen molar-refractivity contribution in [3.05, 3.63) is 66.0 Å². The van der Waals surface area contributed by atoms with Crippen LogP contribution in [0.15, 0.2) is 54.9 Å². The van der Waals surface area contributed by atoms with E-state index in [-0.39, 0.29) is 0 Å². The van der Waals surface area contributed by atoms with Gasteiger partial charge in [0.15, 0.2) is 0 Å². The Morgan fingerprint density at radius 2 is 1.57 bits per heavy atom. The summed E-state index contributed by atoms with van der Waals surface area (Å²) in [5.74, 6) is 0. The molecule has 1 aromatic carbocycles. The molecule has 1 N–H and O–H groups in total. The molecule has 1 aliphatic heterocycles. The molecule has 0 saturated heterocycles. The molecular weight excluding hydrogens is 258 g/mol. The highest BCUT2D eigenvalue weighted by Gasteiger charge is 2.27. The molecule has 0 saturated carbocycles. The number of benzene rings is 1. The van der Waals surface area contributed by atoms with E-state index in [0.717, 1.165) is 0 Å². The number of pyridine rings is 1. The molecule has 0 aliphatic carbocycles. The van der Waals surface area contributed by atoms with E-state index in [1.807, 2.05) is 32.3 Å². The van der Waals surface area contributed by atoms with Gasteiger partial charge < -0.3 is 5.01 Å². The second-order valence-corrected chi connectivity index (χ2v) is 4.77. The third kappa shape index (κ3) is 3.14. The van der Waals surface area contributed by atoms with Crippen molar-refractivity contribution in [2.24, 2.45) is 0 Å². The fraction of sp³-hybridized carbons (Fsp3) is 0.278. The lowest BCUT2D eigenvalue weighted by Gasteiger charge is -2.17. The van der Waals surface area contributed by atoms with Crippen molar-refractivity contribution in [2.45, 2.75) is 26.8 Å². The highest BCUT2D eigenvalue weighted by atomic mass is 15.5. The molecule has 21 heavy (non-hydrogen) atoms. The first kappa shape index (κ1) is 15.3. The fourth-order valence-electron chi connectivity index (χ4n) is 2.67. The first-order valence-electron chi connectivity index (χ1n) is 7.47. The van der Waals surface area contributed by atoms with Crippen molar-refractivity contribution < 1.29 is 0 Å². The highest BCUT2D eigenvalue weighted by molar-refractivity contribution is 5.93. The summed E-state index contributed by atoms with van der Waals surface area (Å²) in [4.78, 5) is 4.10. The van der Waals surface area contributed by atoms with Gasteiger partial charge in [0, 0.05) is 25.0 Å². The van der Waals surface area contributed by atoms with Gasteiger partial charge in [-0.1, -0.05) is 44.2 Å². The molecular formula is C18H23N3. The maximum atomic E-state index is 4.10. The number of hydrogen-bond acceptors (Lipinski definition) is 3. The second-order valence-electron chi connectivity index (χ2n) is 4.77. The van der Waals surface area contributed by atoms with Crippen LogP contribution in [0.3, 0.4) is 0 Å². The fourth-order valence-corrected chi connectivity index (χ4v) is 2.67. The Hall–Kier alpha value is -2.13. The number of hydrazine groups is 1. The Morgan fingerprint density at radius 3 is 2.19 bits per heavy atom. The molecule has 0 radical (unpaired) electrons. The van der Waals surface area contributed by atoms with Crippen LogP contribution in [0.2, 0.25) is 0 Å². The van der Waals surface area contributed by atoms with Gasteiger partial charge in [-0.15, -0.1) is 0 Å². The van der Waals surface area contributed by atoms with Crippen LogP contribution in [0.5, 0.6) is 0 Å². The minimum atomic E-state index is 0.294. The summed E-state index contributed by atoms with van der Waals surface area (Å²) in [5.41, 5.74) is 8.45. The maximum absolute atomic E-state index is 4.10. The van der Waals surface area contributed by atoms with Crippen molar-refractivity contribution in [3.63, 3.8) is 0 Å². The number of nitrogens with one attached hydrogen (secondary N) is 1. The summed E-state index contributed by atoms with van der Waals surface area (Å²) in [6.07, 6.45) is 3.69. The van der Waals surface area contributed by atoms with Crippen molar-refractivity contribution in [2.75, 3.05) is 7.05 Å². The van der Waals surface area contributed by atoms with Crippen molar-refractivity contribution in [3.8, 4) is 0 Å². The second kappa shape index (κ2) is 7.04. The lowest BCUT2D eigenvalue weighted by Crippen LogP contribution is -2.32. The Kier molecular flexibility index (Phi) is 5.12. The van der Waals surface area contributed by atoms with Crippen molar-refractivity contribution >= 4 is 11.3 Å². The Bertz CT molecular complexity index is 537. The zero-order valence-electron chi connectivity index (χ0n) is 13.2. The Balaban J connectivity index is 0.000000774. The third-order valence-electron chi connectivity index (χ3n) is 3.45. The van der Waals surface area contributed by atoms with Crippen LogP contribution in [-0.4, -0.2) is 23.1 Å².